The zero-order valence-corrected chi connectivity index (χ0v) is 19.5. The molecule has 2 aromatic carbocycles. The van der Waals surface area contributed by atoms with Crippen LogP contribution >= 0.6 is 11.3 Å². The molecule has 4 aromatic rings. The zero-order valence-electron chi connectivity index (χ0n) is 18.7. The van der Waals surface area contributed by atoms with Crippen LogP contribution in [-0.2, 0) is 13.0 Å². The Kier molecular flexibility index (Phi) is 5.60. The van der Waals surface area contributed by atoms with E-state index in [9.17, 15) is 4.79 Å². The van der Waals surface area contributed by atoms with Gasteiger partial charge < -0.3 is 19.7 Å². The lowest BCUT2D eigenvalue weighted by Gasteiger charge is -2.30. The molecule has 2 aromatic heterocycles. The van der Waals surface area contributed by atoms with E-state index in [1.807, 2.05) is 6.92 Å². The van der Waals surface area contributed by atoms with Crippen LogP contribution in [0.4, 0.5) is 11.5 Å². The van der Waals surface area contributed by atoms with Crippen LogP contribution in [0, 0.1) is 6.92 Å². The van der Waals surface area contributed by atoms with Crippen molar-refractivity contribution in [2.24, 2.45) is 0 Å². The first-order chi connectivity index (χ1) is 16.1. The topological polar surface area (TPSA) is 76.6 Å². The molecule has 7 nitrogen and oxygen atoms in total. The van der Waals surface area contributed by atoms with E-state index in [4.69, 9.17) is 9.47 Å². The first-order valence-electron chi connectivity index (χ1n) is 10.7. The van der Waals surface area contributed by atoms with Crippen molar-refractivity contribution in [2.75, 3.05) is 31.0 Å². The SMILES string of the molecule is COc1ccc(NC(=O)c2sc3ncnc(N4CCc5ccccc5C4)c3c2C)cc1OC. The van der Waals surface area contributed by atoms with Crippen LogP contribution in [0.5, 0.6) is 11.5 Å². The van der Waals surface area contributed by atoms with E-state index in [1.165, 1.54) is 22.5 Å². The third-order valence-corrected chi connectivity index (χ3v) is 7.18. The molecule has 1 aliphatic rings. The second-order valence-corrected chi connectivity index (χ2v) is 8.90. The van der Waals surface area contributed by atoms with E-state index in [0.717, 1.165) is 41.1 Å². The predicted molar refractivity (Wildman–Crippen MR) is 131 cm³/mol. The number of methoxy groups -OCH3 is 2. The fraction of sp³-hybridized carbons (Fsp3) is 0.240. The lowest BCUT2D eigenvalue weighted by atomic mass is 9.99. The van der Waals surface area contributed by atoms with Crippen molar-refractivity contribution in [1.29, 1.82) is 0 Å². The summed E-state index contributed by atoms with van der Waals surface area (Å²) in [5.74, 6) is 1.87. The normalized spacial score (nSPS) is 13.0. The number of fused-ring (bicyclic) bond motifs is 2. The molecule has 0 fully saturated rings. The molecule has 33 heavy (non-hydrogen) atoms. The maximum absolute atomic E-state index is 13.2. The summed E-state index contributed by atoms with van der Waals surface area (Å²) in [5, 5.41) is 3.92. The fourth-order valence-electron chi connectivity index (χ4n) is 4.29. The molecule has 168 valence electrons. The van der Waals surface area contributed by atoms with Crippen LogP contribution in [0.25, 0.3) is 10.2 Å². The molecule has 0 unspecified atom stereocenters. The Balaban J connectivity index is 1.46. The van der Waals surface area contributed by atoms with Gasteiger partial charge in [0.2, 0.25) is 0 Å². The number of aromatic nitrogens is 2. The largest absolute Gasteiger partial charge is 0.493 e. The minimum Gasteiger partial charge on any atom is -0.493 e. The van der Waals surface area contributed by atoms with Gasteiger partial charge in [-0.2, -0.15) is 0 Å². The van der Waals surface area contributed by atoms with Crippen molar-refractivity contribution < 1.29 is 14.3 Å². The Morgan fingerprint density at radius 3 is 2.64 bits per heavy atom. The highest BCUT2D eigenvalue weighted by Gasteiger charge is 2.24. The number of rotatable bonds is 5. The van der Waals surface area contributed by atoms with Gasteiger partial charge in [-0.25, -0.2) is 9.97 Å². The molecule has 1 amide bonds. The summed E-state index contributed by atoms with van der Waals surface area (Å²) in [4.78, 5) is 26.0. The highest BCUT2D eigenvalue weighted by molar-refractivity contribution is 7.20. The summed E-state index contributed by atoms with van der Waals surface area (Å²) < 4.78 is 10.6. The summed E-state index contributed by atoms with van der Waals surface area (Å²) in [6.07, 6.45) is 2.56. The summed E-state index contributed by atoms with van der Waals surface area (Å²) in [6.45, 7) is 3.64. The van der Waals surface area contributed by atoms with E-state index >= 15 is 0 Å². The van der Waals surface area contributed by atoms with Gasteiger partial charge in [0.1, 0.15) is 17.0 Å². The molecule has 0 saturated carbocycles. The Morgan fingerprint density at radius 1 is 1.06 bits per heavy atom. The molecular weight excluding hydrogens is 436 g/mol. The number of carbonyl (C=O) groups excluding carboxylic acids is 1. The van der Waals surface area contributed by atoms with E-state index in [2.05, 4.69) is 44.5 Å². The van der Waals surface area contributed by atoms with Crippen molar-refractivity contribution in [2.45, 2.75) is 19.9 Å². The van der Waals surface area contributed by atoms with Crippen LogP contribution in [-0.4, -0.2) is 36.6 Å². The number of nitrogens with zero attached hydrogens (tertiary/aromatic N) is 3. The van der Waals surface area contributed by atoms with Crippen LogP contribution in [0.3, 0.4) is 0 Å². The first kappa shape index (κ1) is 21.2. The average molecular weight is 461 g/mol. The Hall–Kier alpha value is -3.65. The summed E-state index contributed by atoms with van der Waals surface area (Å²) in [7, 11) is 3.15. The molecule has 0 radical (unpaired) electrons. The molecule has 8 heteroatoms. The monoisotopic (exact) mass is 460 g/mol. The van der Waals surface area contributed by atoms with Gasteiger partial charge in [0.25, 0.3) is 5.91 Å². The van der Waals surface area contributed by atoms with Crippen molar-refractivity contribution in [3.05, 3.63) is 70.4 Å². The number of hydrogen-bond acceptors (Lipinski definition) is 7. The number of carbonyl (C=O) groups is 1. The molecule has 1 aliphatic heterocycles. The number of aryl methyl sites for hydroxylation is 1. The third kappa shape index (κ3) is 3.87. The van der Waals surface area contributed by atoms with Gasteiger partial charge in [0, 0.05) is 24.8 Å². The number of benzene rings is 2. The summed E-state index contributed by atoms with van der Waals surface area (Å²) in [6, 6.07) is 13.8. The van der Waals surface area contributed by atoms with E-state index in [-0.39, 0.29) is 5.91 Å². The second-order valence-electron chi connectivity index (χ2n) is 7.90. The molecule has 0 atom stereocenters. The van der Waals surface area contributed by atoms with E-state index in [0.29, 0.717) is 22.1 Å². The van der Waals surface area contributed by atoms with Crippen LogP contribution < -0.4 is 19.7 Å². The molecule has 5 rings (SSSR count). The lowest BCUT2D eigenvalue weighted by molar-refractivity contribution is 0.103. The van der Waals surface area contributed by atoms with E-state index in [1.54, 1.807) is 38.7 Å². The van der Waals surface area contributed by atoms with Gasteiger partial charge in [0.15, 0.2) is 11.5 Å². The Labute approximate surface area is 196 Å². The number of ether oxygens (including phenoxy) is 2. The molecule has 1 N–H and O–H groups in total. The first-order valence-corrected chi connectivity index (χ1v) is 11.5. The van der Waals surface area contributed by atoms with Crippen LogP contribution in [0.2, 0.25) is 0 Å². The van der Waals surface area contributed by atoms with Gasteiger partial charge in [-0.1, -0.05) is 24.3 Å². The molecular formula is C25H24N4O3S. The van der Waals surface area contributed by atoms with Gasteiger partial charge in [-0.15, -0.1) is 11.3 Å². The van der Waals surface area contributed by atoms with E-state index < -0.39 is 0 Å². The van der Waals surface area contributed by atoms with Crippen LogP contribution in [0.1, 0.15) is 26.4 Å². The molecule has 0 aliphatic carbocycles. The maximum Gasteiger partial charge on any atom is 0.266 e. The Morgan fingerprint density at radius 2 is 1.85 bits per heavy atom. The van der Waals surface area contributed by atoms with Gasteiger partial charge in [-0.05, 0) is 42.2 Å². The Bertz CT molecular complexity index is 1350. The van der Waals surface area contributed by atoms with Gasteiger partial charge in [0.05, 0.1) is 24.5 Å². The number of hydrogen-bond donors (Lipinski definition) is 1. The van der Waals surface area contributed by atoms with Crippen molar-refractivity contribution >= 4 is 39.0 Å². The maximum atomic E-state index is 13.2. The molecule has 0 bridgehead atoms. The quantitative estimate of drug-likeness (QED) is 0.460. The molecule has 0 saturated heterocycles. The molecule has 0 spiro atoms. The smallest absolute Gasteiger partial charge is 0.266 e. The highest BCUT2D eigenvalue weighted by Crippen LogP contribution is 2.37. The summed E-state index contributed by atoms with van der Waals surface area (Å²) in [5.41, 5.74) is 4.22. The van der Waals surface area contributed by atoms with Crippen LogP contribution in [0.15, 0.2) is 48.8 Å². The summed E-state index contributed by atoms with van der Waals surface area (Å²) >= 11 is 1.39. The second kappa shape index (κ2) is 8.71. The molecule has 3 heterocycles. The number of nitrogens with one attached hydrogen (secondary N) is 1. The number of anilines is 2. The third-order valence-electron chi connectivity index (χ3n) is 5.98. The van der Waals surface area contributed by atoms with Crippen molar-refractivity contribution in [3.8, 4) is 11.5 Å². The highest BCUT2D eigenvalue weighted by atomic mass is 32.1. The van der Waals surface area contributed by atoms with Gasteiger partial charge in [-0.3, -0.25) is 4.79 Å². The van der Waals surface area contributed by atoms with Crippen molar-refractivity contribution in [1.82, 2.24) is 9.97 Å². The van der Waals surface area contributed by atoms with Gasteiger partial charge >= 0.3 is 0 Å². The number of thiophene rings is 1. The minimum absolute atomic E-state index is 0.183. The predicted octanol–water partition coefficient (Wildman–Crippen LogP) is 4.83. The average Bonchev–Trinajstić information content (AvgIpc) is 3.20. The lowest BCUT2D eigenvalue weighted by Crippen LogP contribution is -2.31. The zero-order chi connectivity index (χ0) is 22.9. The minimum atomic E-state index is -0.183. The standard InChI is InChI=1S/C25H24N4O3S/c1-15-21-23(29-11-10-16-6-4-5-7-17(16)13-29)26-14-27-25(21)33-22(15)24(30)28-18-8-9-19(31-2)20(12-18)32-3/h4-9,12,14H,10-11,13H2,1-3H3,(H,28,30). The van der Waals surface area contributed by atoms with Crippen molar-refractivity contribution in [3.63, 3.8) is 0 Å². The fourth-order valence-corrected chi connectivity index (χ4v) is 5.33. The number of amides is 1.